The highest BCUT2D eigenvalue weighted by Gasteiger charge is 2.14. The molecule has 1 fully saturated rings. The third-order valence-electron chi connectivity index (χ3n) is 4.60. The predicted octanol–water partition coefficient (Wildman–Crippen LogP) is 3.50. The van der Waals surface area contributed by atoms with Crippen LogP contribution in [-0.2, 0) is 0 Å². The Morgan fingerprint density at radius 2 is 1.85 bits per heavy atom. The summed E-state index contributed by atoms with van der Waals surface area (Å²) >= 11 is 0. The summed E-state index contributed by atoms with van der Waals surface area (Å²) in [6.45, 7) is 10.8. The number of hydrogen-bond acceptors (Lipinski definition) is 2. The summed E-state index contributed by atoms with van der Waals surface area (Å²) in [4.78, 5) is 2.60. The zero-order valence-electron chi connectivity index (χ0n) is 13.1. The molecular weight excluding hydrogens is 244 g/mol. The van der Waals surface area contributed by atoms with E-state index >= 15 is 0 Å². The summed E-state index contributed by atoms with van der Waals surface area (Å²) in [6, 6.07) is 10.8. The number of nitrogens with zero attached hydrogens (tertiary/aromatic N) is 1. The van der Waals surface area contributed by atoms with Crippen molar-refractivity contribution < 1.29 is 0 Å². The second kappa shape index (κ2) is 8.43. The molecule has 0 bridgehead atoms. The Morgan fingerprint density at radius 3 is 2.55 bits per heavy atom. The largest absolute Gasteiger partial charge is 0.315 e. The fourth-order valence-corrected chi connectivity index (χ4v) is 2.91. The lowest BCUT2D eigenvalue weighted by Gasteiger charge is -2.30. The molecule has 2 nitrogen and oxygen atoms in total. The van der Waals surface area contributed by atoms with Crippen LogP contribution >= 0.6 is 0 Å². The molecule has 0 aromatic heterocycles. The van der Waals surface area contributed by atoms with Gasteiger partial charge in [0.25, 0.3) is 0 Å². The Bertz CT molecular complexity index is 355. The number of likely N-dealkylation sites (tertiary alicyclic amines) is 1. The van der Waals surface area contributed by atoms with Crippen LogP contribution in [0.1, 0.15) is 44.6 Å². The molecule has 1 saturated heterocycles. The first-order valence-corrected chi connectivity index (χ1v) is 8.23. The maximum Gasteiger partial charge on any atom is 0.0107 e. The summed E-state index contributed by atoms with van der Waals surface area (Å²) in [6.07, 6.45) is 3.98. The quantitative estimate of drug-likeness (QED) is 0.766. The molecule has 1 aliphatic heterocycles. The molecule has 1 aliphatic rings. The smallest absolute Gasteiger partial charge is 0.0107 e. The molecule has 2 heteroatoms. The van der Waals surface area contributed by atoms with E-state index in [9.17, 15) is 0 Å². The predicted molar refractivity (Wildman–Crippen MR) is 87.2 cm³/mol. The van der Waals surface area contributed by atoms with Gasteiger partial charge in [-0.05, 0) is 56.3 Å². The average Bonchev–Trinajstić information content (AvgIpc) is 2.49. The molecule has 1 unspecified atom stereocenters. The van der Waals surface area contributed by atoms with Crippen molar-refractivity contribution in [1.29, 1.82) is 0 Å². The van der Waals surface area contributed by atoms with Crippen LogP contribution in [0.5, 0.6) is 0 Å². The highest BCUT2D eigenvalue weighted by Crippen LogP contribution is 2.17. The molecule has 1 heterocycles. The molecule has 1 aromatic rings. The van der Waals surface area contributed by atoms with Crippen LogP contribution < -0.4 is 5.32 Å². The summed E-state index contributed by atoms with van der Waals surface area (Å²) in [5.74, 6) is 1.59. The highest BCUT2D eigenvalue weighted by atomic mass is 15.1. The van der Waals surface area contributed by atoms with Crippen LogP contribution in [0.3, 0.4) is 0 Å². The molecule has 20 heavy (non-hydrogen) atoms. The molecule has 1 aromatic carbocycles. The fourth-order valence-electron chi connectivity index (χ4n) is 2.91. The molecular formula is C18H30N2. The van der Waals surface area contributed by atoms with Crippen molar-refractivity contribution in [2.75, 3.05) is 32.7 Å². The third-order valence-corrected chi connectivity index (χ3v) is 4.60. The van der Waals surface area contributed by atoms with Gasteiger partial charge in [0, 0.05) is 13.1 Å². The van der Waals surface area contributed by atoms with Gasteiger partial charge in [0.05, 0.1) is 0 Å². The minimum Gasteiger partial charge on any atom is -0.315 e. The van der Waals surface area contributed by atoms with Crippen LogP contribution in [0.15, 0.2) is 30.3 Å². The van der Waals surface area contributed by atoms with Crippen molar-refractivity contribution in [3.8, 4) is 0 Å². The first kappa shape index (κ1) is 15.5. The zero-order chi connectivity index (χ0) is 14.2. The maximum absolute atomic E-state index is 3.60. The van der Waals surface area contributed by atoms with Gasteiger partial charge in [-0.15, -0.1) is 0 Å². The molecule has 1 atom stereocenters. The van der Waals surface area contributed by atoms with Crippen LogP contribution in [0.4, 0.5) is 0 Å². The number of hydrogen-bond donors (Lipinski definition) is 1. The maximum atomic E-state index is 3.60. The second-order valence-corrected chi connectivity index (χ2v) is 6.37. The fraction of sp³-hybridized carbons (Fsp3) is 0.667. The second-order valence-electron chi connectivity index (χ2n) is 6.37. The van der Waals surface area contributed by atoms with Crippen molar-refractivity contribution in [3.63, 3.8) is 0 Å². The van der Waals surface area contributed by atoms with Crippen molar-refractivity contribution in [3.05, 3.63) is 35.9 Å². The molecule has 0 aliphatic carbocycles. The van der Waals surface area contributed by atoms with Gasteiger partial charge in [-0.25, -0.2) is 0 Å². The van der Waals surface area contributed by atoms with Crippen molar-refractivity contribution in [1.82, 2.24) is 10.2 Å². The number of benzene rings is 1. The Kier molecular flexibility index (Phi) is 6.55. The van der Waals surface area contributed by atoms with Gasteiger partial charge in [-0.3, -0.25) is 0 Å². The lowest BCUT2D eigenvalue weighted by Crippen LogP contribution is -2.38. The number of piperidine rings is 1. The van der Waals surface area contributed by atoms with E-state index in [1.807, 2.05) is 0 Å². The number of rotatable bonds is 7. The van der Waals surface area contributed by atoms with E-state index in [1.165, 1.54) is 44.5 Å². The van der Waals surface area contributed by atoms with E-state index in [0.717, 1.165) is 19.0 Å². The summed E-state index contributed by atoms with van der Waals surface area (Å²) in [7, 11) is 0. The monoisotopic (exact) mass is 274 g/mol. The molecule has 2 rings (SSSR count). The minimum absolute atomic E-state index is 0.652. The first-order valence-electron chi connectivity index (χ1n) is 8.23. The van der Waals surface area contributed by atoms with Gasteiger partial charge >= 0.3 is 0 Å². The minimum atomic E-state index is 0.652. The van der Waals surface area contributed by atoms with E-state index in [-0.39, 0.29) is 0 Å². The lowest BCUT2D eigenvalue weighted by atomic mass is 9.98. The first-order chi connectivity index (χ1) is 9.75. The summed E-state index contributed by atoms with van der Waals surface area (Å²) in [5, 5.41) is 3.60. The van der Waals surface area contributed by atoms with Crippen molar-refractivity contribution in [2.24, 2.45) is 5.92 Å². The summed E-state index contributed by atoms with van der Waals surface area (Å²) < 4.78 is 0. The van der Waals surface area contributed by atoms with E-state index < -0.39 is 0 Å². The van der Waals surface area contributed by atoms with Gasteiger partial charge in [-0.2, -0.15) is 0 Å². The van der Waals surface area contributed by atoms with E-state index in [1.54, 1.807) is 0 Å². The number of nitrogens with one attached hydrogen (secondary N) is 1. The van der Waals surface area contributed by atoms with E-state index in [2.05, 4.69) is 54.4 Å². The standard InChI is InChI=1S/C18H30N2/c1-16-9-13-20(14-10-16)15-12-19-11-8-17(2)18-6-4-3-5-7-18/h3-7,16-17,19H,8-15H2,1-2H3. The van der Waals surface area contributed by atoms with Crippen LogP contribution in [-0.4, -0.2) is 37.6 Å². The normalized spacial score (nSPS) is 19.1. The van der Waals surface area contributed by atoms with Crippen LogP contribution in [0.2, 0.25) is 0 Å². The Labute approximate surface area is 124 Å². The SMILES string of the molecule is CC1CCN(CCNCCC(C)c2ccccc2)CC1. The third kappa shape index (κ3) is 5.26. The summed E-state index contributed by atoms with van der Waals surface area (Å²) in [5.41, 5.74) is 1.46. The van der Waals surface area contributed by atoms with Crippen molar-refractivity contribution >= 4 is 0 Å². The van der Waals surface area contributed by atoms with Gasteiger partial charge < -0.3 is 10.2 Å². The van der Waals surface area contributed by atoms with Gasteiger partial charge in [0.1, 0.15) is 0 Å². The Morgan fingerprint density at radius 1 is 1.15 bits per heavy atom. The average molecular weight is 274 g/mol. The molecule has 0 amide bonds. The Balaban J connectivity index is 1.53. The molecule has 0 spiro atoms. The van der Waals surface area contributed by atoms with Crippen LogP contribution in [0, 0.1) is 5.92 Å². The Hall–Kier alpha value is -0.860. The molecule has 112 valence electrons. The van der Waals surface area contributed by atoms with Crippen molar-refractivity contribution in [2.45, 2.75) is 39.0 Å². The van der Waals surface area contributed by atoms with E-state index in [4.69, 9.17) is 0 Å². The van der Waals surface area contributed by atoms with Gasteiger partial charge in [0.15, 0.2) is 0 Å². The highest BCUT2D eigenvalue weighted by molar-refractivity contribution is 5.18. The molecule has 0 saturated carbocycles. The van der Waals surface area contributed by atoms with Crippen LogP contribution in [0.25, 0.3) is 0 Å². The van der Waals surface area contributed by atoms with Gasteiger partial charge in [0.2, 0.25) is 0 Å². The molecule has 1 N–H and O–H groups in total. The van der Waals surface area contributed by atoms with E-state index in [0.29, 0.717) is 5.92 Å². The zero-order valence-corrected chi connectivity index (χ0v) is 13.1. The topological polar surface area (TPSA) is 15.3 Å². The van der Waals surface area contributed by atoms with Gasteiger partial charge in [-0.1, -0.05) is 44.2 Å². The molecule has 0 radical (unpaired) electrons. The lowest BCUT2D eigenvalue weighted by molar-refractivity contribution is 0.193.